The fraction of sp³-hybridized carbons (Fsp3) is 0.0714. The second-order valence-corrected chi connectivity index (χ2v) is 3.87. The van der Waals surface area contributed by atoms with E-state index in [1.54, 1.807) is 19.1 Å². The van der Waals surface area contributed by atoms with Gasteiger partial charge in [-0.3, -0.25) is 4.98 Å². The minimum atomic E-state index is -0.992. The van der Waals surface area contributed by atoms with Gasteiger partial charge in [-0.25, -0.2) is 4.79 Å². The average molecular weight is 254 g/mol. The number of nitriles is 1. The van der Waals surface area contributed by atoms with Crippen molar-refractivity contribution in [3.8, 4) is 17.6 Å². The van der Waals surface area contributed by atoms with Crippen LogP contribution in [0, 0.1) is 18.3 Å². The van der Waals surface area contributed by atoms with Crippen LogP contribution in [-0.2, 0) is 0 Å². The molecule has 0 atom stereocenters. The van der Waals surface area contributed by atoms with Gasteiger partial charge in [0.1, 0.15) is 11.8 Å². The molecule has 0 aliphatic carbocycles. The third kappa shape index (κ3) is 2.69. The van der Waals surface area contributed by atoms with Crippen LogP contribution in [0.2, 0.25) is 0 Å². The van der Waals surface area contributed by atoms with Crippen molar-refractivity contribution >= 4 is 5.97 Å². The summed E-state index contributed by atoms with van der Waals surface area (Å²) in [6, 6.07) is 8.09. The van der Waals surface area contributed by atoms with Crippen molar-refractivity contribution in [3.63, 3.8) is 0 Å². The van der Waals surface area contributed by atoms with Crippen LogP contribution >= 0.6 is 0 Å². The maximum Gasteiger partial charge on any atom is 0.335 e. The second kappa shape index (κ2) is 5.19. The number of hydrogen-bond acceptors (Lipinski definition) is 4. The Hall–Kier alpha value is -2.87. The number of pyridine rings is 1. The lowest BCUT2D eigenvalue weighted by atomic mass is 10.1. The van der Waals surface area contributed by atoms with Crippen LogP contribution in [0.1, 0.15) is 21.5 Å². The number of ether oxygens (including phenoxy) is 1. The molecule has 1 heterocycles. The smallest absolute Gasteiger partial charge is 0.335 e. The molecule has 94 valence electrons. The number of carboxylic acids is 1. The summed E-state index contributed by atoms with van der Waals surface area (Å²) < 4.78 is 5.59. The van der Waals surface area contributed by atoms with Gasteiger partial charge in [-0.1, -0.05) is 0 Å². The van der Waals surface area contributed by atoms with E-state index in [-0.39, 0.29) is 5.56 Å². The van der Waals surface area contributed by atoms with Crippen LogP contribution < -0.4 is 4.74 Å². The predicted molar refractivity (Wildman–Crippen MR) is 67.2 cm³/mol. The molecule has 1 N–H and O–H groups in total. The number of aromatic nitrogens is 1. The molecule has 0 aliphatic heterocycles. The van der Waals surface area contributed by atoms with Crippen LogP contribution in [0.25, 0.3) is 0 Å². The van der Waals surface area contributed by atoms with Crippen molar-refractivity contribution in [1.82, 2.24) is 4.98 Å². The number of aromatic carboxylic acids is 1. The first-order valence-corrected chi connectivity index (χ1v) is 5.47. The van der Waals surface area contributed by atoms with Gasteiger partial charge in [0.25, 0.3) is 0 Å². The third-order valence-corrected chi connectivity index (χ3v) is 2.55. The van der Waals surface area contributed by atoms with E-state index in [9.17, 15) is 4.79 Å². The van der Waals surface area contributed by atoms with Gasteiger partial charge in [0.15, 0.2) is 5.75 Å². The SMILES string of the molecule is Cc1cc(C(=O)O)ccc1Oc1cnccc1C#N. The van der Waals surface area contributed by atoms with E-state index in [2.05, 4.69) is 4.98 Å². The lowest BCUT2D eigenvalue weighted by molar-refractivity contribution is 0.0697. The van der Waals surface area contributed by atoms with Crippen molar-refractivity contribution in [3.05, 3.63) is 53.3 Å². The van der Waals surface area contributed by atoms with Gasteiger partial charge in [0.2, 0.25) is 0 Å². The molecule has 2 aromatic rings. The summed E-state index contributed by atoms with van der Waals surface area (Å²) >= 11 is 0. The second-order valence-electron chi connectivity index (χ2n) is 3.87. The highest BCUT2D eigenvalue weighted by molar-refractivity contribution is 5.88. The van der Waals surface area contributed by atoms with Crippen LogP contribution in [-0.4, -0.2) is 16.1 Å². The molecule has 0 fully saturated rings. The maximum atomic E-state index is 10.8. The zero-order valence-corrected chi connectivity index (χ0v) is 10.1. The summed E-state index contributed by atoms with van der Waals surface area (Å²) in [4.78, 5) is 14.7. The zero-order valence-electron chi connectivity index (χ0n) is 10.1. The highest BCUT2D eigenvalue weighted by atomic mass is 16.5. The Morgan fingerprint density at radius 3 is 2.79 bits per heavy atom. The summed E-state index contributed by atoms with van der Waals surface area (Å²) in [5, 5.41) is 17.8. The highest BCUT2D eigenvalue weighted by Gasteiger charge is 2.09. The first kappa shape index (κ1) is 12.6. The summed E-state index contributed by atoms with van der Waals surface area (Å²) in [5.74, 6) is -0.153. The monoisotopic (exact) mass is 254 g/mol. The standard InChI is InChI=1S/C14H10N2O3/c1-9-6-10(14(17)18)2-3-12(9)19-13-8-16-5-4-11(13)7-15/h2-6,8H,1H3,(H,17,18). The number of nitrogens with zero attached hydrogens (tertiary/aromatic N) is 2. The molecule has 0 spiro atoms. The topological polar surface area (TPSA) is 83.2 Å². The summed E-state index contributed by atoms with van der Waals surface area (Å²) in [6.45, 7) is 1.74. The summed E-state index contributed by atoms with van der Waals surface area (Å²) in [6.07, 6.45) is 2.95. The number of carbonyl (C=O) groups is 1. The maximum absolute atomic E-state index is 10.8. The van der Waals surface area contributed by atoms with Crippen LogP contribution in [0.15, 0.2) is 36.7 Å². The molecule has 0 saturated carbocycles. The predicted octanol–water partition coefficient (Wildman–Crippen LogP) is 2.75. The molecule has 19 heavy (non-hydrogen) atoms. The molecule has 1 aromatic carbocycles. The van der Waals surface area contributed by atoms with Gasteiger partial charge in [-0.05, 0) is 36.8 Å². The van der Waals surface area contributed by atoms with Gasteiger partial charge in [-0.2, -0.15) is 5.26 Å². The minimum absolute atomic E-state index is 0.191. The van der Waals surface area contributed by atoms with Gasteiger partial charge in [-0.15, -0.1) is 0 Å². The molecule has 0 radical (unpaired) electrons. The number of aryl methyl sites for hydroxylation is 1. The van der Waals surface area contributed by atoms with Crippen LogP contribution in [0.5, 0.6) is 11.5 Å². The Labute approximate surface area is 109 Å². The molecule has 5 nitrogen and oxygen atoms in total. The van der Waals surface area contributed by atoms with E-state index in [1.165, 1.54) is 24.5 Å². The molecule has 2 rings (SSSR count). The van der Waals surface area contributed by atoms with Crippen molar-refractivity contribution in [2.24, 2.45) is 0 Å². The van der Waals surface area contributed by atoms with Crippen molar-refractivity contribution in [1.29, 1.82) is 5.26 Å². The first-order valence-electron chi connectivity index (χ1n) is 5.47. The fourth-order valence-electron chi connectivity index (χ4n) is 1.57. The number of hydrogen-bond donors (Lipinski definition) is 1. The van der Waals surface area contributed by atoms with Crippen molar-refractivity contribution in [2.75, 3.05) is 0 Å². The van der Waals surface area contributed by atoms with E-state index in [0.717, 1.165) is 0 Å². The Bertz CT molecular complexity index is 675. The zero-order chi connectivity index (χ0) is 13.8. The highest BCUT2D eigenvalue weighted by Crippen LogP contribution is 2.27. The fourth-order valence-corrected chi connectivity index (χ4v) is 1.57. The van der Waals surface area contributed by atoms with E-state index >= 15 is 0 Å². The van der Waals surface area contributed by atoms with Crippen molar-refractivity contribution in [2.45, 2.75) is 6.92 Å². The molecule has 0 unspecified atom stereocenters. The lowest BCUT2D eigenvalue weighted by Crippen LogP contribution is -1.98. The number of benzene rings is 1. The molecular weight excluding hydrogens is 244 g/mol. The largest absolute Gasteiger partial charge is 0.478 e. The van der Waals surface area contributed by atoms with Gasteiger partial charge >= 0.3 is 5.97 Å². The molecule has 5 heteroatoms. The third-order valence-electron chi connectivity index (χ3n) is 2.55. The molecule has 0 bridgehead atoms. The van der Waals surface area contributed by atoms with Crippen LogP contribution in [0.4, 0.5) is 0 Å². The lowest BCUT2D eigenvalue weighted by Gasteiger charge is -2.09. The quantitative estimate of drug-likeness (QED) is 0.910. The van der Waals surface area contributed by atoms with Gasteiger partial charge in [0, 0.05) is 6.20 Å². The number of carboxylic acid groups (broad SMARTS) is 1. The summed E-state index contributed by atoms with van der Waals surface area (Å²) in [5.41, 5.74) is 1.24. The van der Waals surface area contributed by atoms with Gasteiger partial charge < -0.3 is 9.84 Å². The first-order chi connectivity index (χ1) is 9.11. The van der Waals surface area contributed by atoms with E-state index in [1.807, 2.05) is 6.07 Å². The molecule has 0 saturated heterocycles. The average Bonchev–Trinajstić information content (AvgIpc) is 2.41. The number of rotatable bonds is 3. The Balaban J connectivity index is 2.34. The molecule has 0 aliphatic rings. The summed E-state index contributed by atoms with van der Waals surface area (Å²) in [7, 11) is 0. The van der Waals surface area contributed by atoms with Crippen molar-refractivity contribution < 1.29 is 14.6 Å². The van der Waals surface area contributed by atoms with Crippen LogP contribution in [0.3, 0.4) is 0 Å². The minimum Gasteiger partial charge on any atom is -0.478 e. The Morgan fingerprint density at radius 2 is 2.16 bits per heavy atom. The van der Waals surface area contributed by atoms with E-state index in [4.69, 9.17) is 15.1 Å². The Morgan fingerprint density at radius 1 is 1.37 bits per heavy atom. The molecular formula is C14H10N2O3. The van der Waals surface area contributed by atoms with Gasteiger partial charge in [0.05, 0.1) is 17.3 Å². The van der Waals surface area contributed by atoms with E-state index < -0.39 is 5.97 Å². The molecule has 1 aromatic heterocycles. The van der Waals surface area contributed by atoms with E-state index in [0.29, 0.717) is 22.6 Å². The molecule has 0 amide bonds. The normalized spacial score (nSPS) is 9.68. The Kier molecular flexibility index (Phi) is 3.44.